The molecule has 1 amide bonds. The van der Waals surface area contributed by atoms with Crippen molar-refractivity contribution in [2.75, 3.05) is 0 Å². The minimum atomic E-state index is -0.547. The van der Waals surface area contributed by atoms with Crippen LogP contribution < -0.4 is 5.32 Å². The summed E-state index contributed by atoms with van der Waals surface area (Å²) in [5.74, 6) is 0.0591. The summed E-state index contributed by atoms with van der Waals surface area (Å²) in [5.41, 5.74) is 1.30. The third-order valence-corrected chi connectivity index (χ3v) is 4.72. The number of nitrogens with one attached hydrogen (secondary N) is 1. The Morgan fingerprint density at radius 3 is 2.85 bits per heavy atom. The molecular formula is C18H20N6O2. The zero-order chi connectivity index (χ0) is 17.9. The second kappa shape index (κ2) is 7.09. The summed E-state index contributed by atoms with van der Waals surface area (Å²) in [6.45, 7) is 0.746. The van der Waals surface area contributed by atoms with Crippen molar-refractivity contribution in [2.24, 2.45) is 5.92 Å². The molecule has 0 bridgehead atoms. The van der Waals surface area contributed by atoms with Crippen molar-refractivity contribution in [2.45, 2.75) is 31.5 Å². The minimum Gasteiger partial charge on any atom is -0.391 e. The second-order valence-corrected chi connectivity index (χ2v) is 6.59. The molecule has 0 spiro atoms. The van der Waals surface area contributed by atoms with E-state index >= 15 is 0 Å². The van der Waals surface area contributed by atoms with E-state index < -0.39 is 6.10 Å². The maximum Gasteiger partial charge on any atom is 0.254 e. The summed E-state index contributed by atoms with van der Waals surface area (Å²) in [5, 5.41) is 21.7. The van der Waals surface area contributed by atoms with Gasteiger partial charge in [-0.05, 0) is 37.0 Å². The number of amides is 1. The van der Waals surface area contributed by atoms with Crippen LogP contribution in [-0.2, 0) is 6.54 Å². The summed E-state index contributed by atoms with van der Waals surface area (Å²) in [6, 6.07) is 5.25. The van der Waals surface area contributed by atoms with Crippen LogP contribution in [0.25, 0.3) is 5.69 Å². The van der Waals surface area contributed by atoms with Gasteiger partial charge in [0.25, 0.3) is 5.91 Å². The molecule has 26 heavy (non-hydrogen) atoms. The van der Waals surface area contributed by atoms with Gasteiger partial charge >= 0.3 is 0 Å². The summed E-state index contributed by atoms with van der Waals surface area (Å²) in [7, 11) is 0. The molecule has 3 heterocycles. The molecular weight excluding hydrogens is 332 g/mol. The van der Waals surface area contributed by atoms with Gasteiger partial charge < -0.3 is 10.4 Å². The molecule has 1 unspecified atom stereocenters. The Bertz CT molecular complexity index is 861. The molecule has 2 N–H and O–H groups in total. The summed E-state index contributed by atoms with van der Waals surface area (Å²) in [6.07, 6.45) is 11.0. The molecule has 0 aromatic carbocycles. The van der Waals surface area contributed by atoms with E-state index in [4.69, 9.17) is 0 Å². The van der Waals surface area contributed by atoms with Crippen LogP contribution in [0.15, 0.2) is 55.4 Å². The Labute approximate surface area is 150 Å². The van der Waals surface area contributed by atoms with Gasteiger partial charge in [-0.2, -0.15) is 10.2 Å². The molecule has 0 radical (unpaired) electrons. The smallest absolute Gasteiger partial charge is 0.254 e. The van der Waals surface area contributed by atoms with E-state index in [1.165, 1.54) is 6.20 Å². The fourth-order valence-electron chi connectivity index (χ4n) is 3.43. The molecule has 8 nitrogen and oxygen atoms in total. The molecule has 3 aromatic rings. The lowest BCUT2D eigenvalue weighted by atomic mass is 10.1. The van der Waals surface area contributed by atoms with Crippen molar-refractivity contribution < 1.29 is 9.90 Å². The molecule has 0 saturated heterocycles. The van der Waals surface area contributed by atoms with Crippen LogP contribution >= 0.6 is 0 Å². The van der Waals surface area contributed by atoms with E-state index in [9.17, 15) is 9.90 Å². The van der Waals surface area contributed by atoms with Gasteiger partial charge in [0.15, 0.2) is 0 Å². The van der Waals surface area contributed by atoms with Gasteiger partial charge in [-0.3, -0.25) is 14.5 Å². The topological polar surface area (TPSA) is 97.9 Å². The summed E-state index contributed by atoms with van der Waals surface area (Å²) < 4.78 is 3.49. The van der Waals surface area contributed by atoms with Crippen LogP contribution in [0.4, 0.5) is 0 Å². The van der Waals surface area contributed by atoms with E-state index in [-0.39, 0.29) is 17.9 Å². The third kappa shape index (κ3) is 3.50. The predicted octanol–water partition coefficient (Wildman–Crippen LogP) is 1.03. The van der Waals surface area contributed by atoms with Gasteiger partial charge in [0, 0.05) is 37.5 Å². The minimum absolute atomic E-state index is 0.228. The predicted molar refractivity (Wildman–Crippen MR) is 93.6 cm³/mol. The maximum absolute atomic E-state index is 12.5. The first kappa shape index (κ1) is 16.5. The Morgan fingerprint density at radius 2 is 2.08 bits per heavy atom. The zero-order valence-electron chi connectivity index (χ0n) is 14.1. The van der Waals surface area contributed by atoms with Crippen LogP contribution in [0, 0.1) is 5.92 Å². The van der Waals surface area contributed by atoms with Crippen molar-refractivity contribution in [1.82, 2.24) is 29.9 Å². The average Bonchev–Trinajstić information content (AvgIpc) is 3.38. The van der Waals surface area contributed by atoms with E-state index in [1.807, 2.05) is 29.1 Å². The van der Waals surface area contributed by atoms with Crippen LogP contribution in [-0.4, -0.2) is 47.7 Å². The van der Waals surface area contributed by atoms with E-state index in [0.29, 0.717) is 12.0 Å². The number of carbonyl (C=O) groups excluding carboxylic acids is 1. The molecule has 1 fully saturated rings. The SMILES string of the molecule is O=C(N[C@@H]1CC(Cn2cccn2)C[C@H]1O)c1cnn(-c2ccncc2)c1. The molecule has 8 heteroatoms. The number of nitrogens with zero attached hydrogens (tertiary/aromatic N) is 5. The first-order valence-corrected chi connectivity index (χ1v) is 8.60. The molecule has 134 valence electrons. The number of aliphatic hydroxyl groups is 1. The highest BCUT2D eigenvalue weighted by Gasteiger charge is 2.34. The number of hydrogen-bond acceptors (Lipinski definition) is 5. The highest BCUT2D eigenvalue weighted by atomic mass is 16.3. The van der Waals surface area contributed by atoms with Gasteiger partial charge in [-0.25, -0.2) is 4.68 Å². The standard InChI is InChI=1S/C18H20N6O2/c25-17-9-13(11-23-7-1-4-20-23)8-16(17)22-18(26)14-10-21-24(12-14)15-2-5-19-6-3-15/h1-7,10,12-13,16-17,25H,8-9,11H2,(H,22,26)/t13?,16-,17-/m1/s1. The van der Waals surface area contributed by atoms with Gasteiger partial charge in [-0.1, -0.05) is 0 Å². The van der Waals surface area contributed by atoms with Crippen molar-refractivity contribution in [3.8, 4) is 5.69 Å². The lowest BCUT2D eigenvalue weighted by Crippen LogP contribution is -2.39. The molecule has 1 aliphatic rings. The van der Waals surface area contributed by atoms with Crippen molar-refractivity contribution >= 4 is 5.91 Å². The Balaban J connectivity index is 1.38. The highest BCUT2D eigenvalue weighted by Crippen LogP contribution is 2.27. The zero-order valence-corrected chi connectivity index (χ0v) is 14.1. The molecule has 0 aliphatic heterocycles. The van der Waals surface area contributed by atoms with Crippen LogP contribution in [0.2, 0.25) is 0 Å². The van der Waals surface area contributed by atoms with Crippen molar-refractivity contribution in [3.63, 3.8) is 0 Å². The average molecular weight is 352 g/mol. The Kier molecular flexibility index (Phi) is 4.49. The van der Waals surface area contributed by atoms with E-state index in [2.05, 4.69) is 20.5 Å². The number of aliphatic hydroxyl groups excluding tert-OH is 1. The molecule has 3 aromatic heterocycles. The monoisotopic (exact) mass is 352 g/mol. The number of rotatable bonds is 5. The van der Waals surface area contributed by atoms with E-state index in [0.717, 1.165) is 18.7 Å². The summed E-state index contributed by atoms with van der Waals surface area (Å²) in [4.78, 5) is 16.5. The first-order chi connectivity index (χ1) is 12.7. The van der Waals surface area contributed by atoms with Crippen molar-refractivity contribution in [3.05, 3.63) is 60.9 Å². The van der Waals surface area contributed by atoms with Crippen LogP contribution in [0.1, 0.15) is 23.2 Å². The van der Waals surface area contributed by atoms with Crippen LogP contribution in [0.3, 0.4) is 0 Å². The number of aromatic nitrogens is 5. The largest absolute Gasteiger partial charge is 0.391 e. The number of carbonyl (C=O) groups is 1. The maximum atomic E-state index is 12.5. The normalized spacial score (nSPS) is 22.4. The van der Waals surface area contributed by atoms with Crippen molar-refractivity contribution in [1.29, 1.82) is 0 Å². The van der Waals surface area contributed by atoms with Gasteiger partial charge in [0.05, 0.1) is 29.6 Å². The molecule has 1 aliphatic carbocycles. The molecule has 1 saturated carbocycles. The summed E-state index contributed by atoms with van der Waals surface area (Å²) >= 11 is 0. The number of hydrogen-bond donors (Lipinski definition) is 2. The first-order valence-electron chi connectivity index (χ1n) is 8.60. The molecule has 3 atom stereocenters. The van der Waals surface area contributed by atoms with E-state index in [1.54, 1.807) is 29.5 Å². The van der Waals surface area contributed by atoms with Crippen LogP contribution in [0.5, 0.6) is 0 Å². The Morgan fingerprint density at radius 1 is 1.23 bits per heavy atom. The lowest BCUT2D eigenvalue weighted by molar-refractivity contribution is 0.0872. The second-order valence-electron chi connectivity index (χ2n) is 6.59. The fourth-order valence-corrected chi connectivity index (χ4v) is 3.43. The van der Waals surface area contributed by atoms with Gasteiger partial charge in [0.1, 0.15) is 0 Å². The third-order valence-electron chi connectivity index (χ3n) is 4.72. The number of pyridine rings is 1. The highest BCUT2D eigenvalue weighted by molar-refractivity contribution is 5.94. The lowest BCUT2D eigenvalue weighted by Gasteiger charge is -2.15. The fraction of sp³-hybridized carbons (Fsp3) is 0.333. The van der Waals surface area contributed by atoms with Gasteiger partial charge in [-0.15, -0.1) is 0 Å². The quantitative estimate of drug-likeness (QED) is 0.715. The van der Waals surface area contributed by atoms with Gasteiger partial charge in [0.2, 0.25) is 0 Å². The Hall–Kier alpha value is -3.00. The molecule has 4 rings (SSSR count).